The van der Waals surface area contributed by atoms with E-state index in [1.54, 1.807) is 0 Å². The molecule has 0 aromatic heterocycles. The normalized spacial score (nSPS) is 24.4. The smallest absolute Gasteiger partial charge is 0.310 e. The van der Waals surface area contributed by atoms with Crippen LogP contribution in [0.15, 0.2) is 24.3 Å². The Hall–Kier alpha value is -1.35. The average molecular weight is 233 g/mol. The molecule has 1 heterocycles. The molecule has 0 spiro atoms. The fourth-order valence-electron chi connectivity index (χ4n) is 2.63. The summed E-state index contributed by atoms with van der Waals surface area (Å²) < 4.78 is 4.90. The highest BCUT2D eigenvalue weighted by Crippen LogP contribution is 2.32. The lowest BCUT2D eigenvalue weighted by Gasteiger charge is -2.31. The highest BCUT2D eigenvalue weighted by molar-refractivity contribution is 5.74. The van der Waals surface area contributed by atoms with Gasteiger partial charge < -0.3 is 10.1 Å². The third-order valence-electron chi connectivity index (χ3n) is 3.57. The van der Waals surface area contributed by atoms with Gasteiger partial charge in [-0.1, -0.05) is 24.3 Å². The third-order valence-corrected chi connectivity index (χ3v) is 3.57. The Morgan fingerprint density at radius 1 is 1.41 bits per heavy atom. The predicted octanol–water partition coefficient (Wildman–Crippen LogP) is 1.86. The molecule has 1 aromatic carbocycles. The fourth-order valence-corrected chi connectivity index (χ4v) is 2.63. The number of nitrogens with one attached hydrogen (secondary N) is 1. The van der Waals surface area contributed by atoms with Crippen molar-refractivity contribution in [3.8, 4) is 0 Å². The summed E-state index contributed by atoms with van der Waals surface area (Å²) in [6, 6.07) is 8.30. The second kappa shape index (κ2) is 5.32. The van der Waals surface area contributed by atoms with Crippen LogP contribution in [-0.4, -0.2) is 26.2 Å². The molecular formula is C14H19NO2. The van der Waals surface area contributed by atoms with Gasteiger partial charge in [-0.05, 0) is 36.9 Å². The highest BCUT2D eigenvalue weighted by atomic mass is 16.5. The SMILES string of the molecule is COC(=O)[C@H]1CNCC[C@H]1c1ccccc1C. The second-order valence-electron chi connectivity index (χ2n) is 4.59. The summed E-state index contributed by atoms with van der Waals surface area (Å²) in [5.41, 5.74) is 2.54. The average Bonchev–Trinajstić information content (AvgIpc) is 2.38. The highest BCUT2D eigenvalue weighted by Gasteiger charge is 2.33. The number of aryl methyl sites for hydroxylation is 1. The van der Waals surface area contributed by atoms with Crippen LogP contribution in [0.4, 0.5) is 0 Å². The Kier molecular flexibility index (Phi) is 3.79. The van der Waals surface area contributed by atoms with E-state index in [0.717, 1.165) is 13.0 Å². The monoisotopic (exact) mass is 233 g/mol. The molecule has 0 bridgehead atoms. The first-order chi connectivity index (χ1) is 8.24. The topological polar surface area (TPSA) is 38.3 Å². The van der Waals surface area contributed by atoms with Gasteiger partial charge in [0.25, 0.3) is 0 Å². The van der Waals surface area contributed by atoms with Gasteiger partial charge in [-0.25, -0.2) is 0 Å². The minimum absolute atomic E-state index is 0.0603. The minimum Gasteiger partial charge on any atom is -0.469 e. The van der Waals surface area contributed by atoms with Crippen LogP contribution in [-0.2, 0) is 9.53 Å². The fraction of sp³-hybridized carbons (Fsp3) is 0.500. The molecule has 17 heavy (non-hydrogen) atoms. The van der Waals surface area contributed by atoms with E-state index >= 15 is 0 Å². The predicted molar refractivity (Wildman–Crippen MR) is 66.9 cm³/mol. The van der Waals surface area contributed by atoms with Crippen molar-refractivity contribution in [2.24, 2.45) is 5.92 Å². The molecule has 3 heteroatoms. The van der Waals surface area contributed by atoms with Crippen molar-refractivity contribution in [1.82, 2.24) is 5.32 Å². The van der Waals surface area contributed by atoms with E-state index in [-0.39, 0.29) is 17.8 Å². The van der Waals surface area contributed by atoms with Gasteiger partial charge in [-0.3, -0.25) is 4.79 Å². The second-order valence-corrected chi connectivity index (χ2v) is 4.59. The lowest BCUT2D eigenvalue weighted by atomic mass is 9.79. The summed E-state index contributed by atoms with van der Waals surface area (Å²) in [5, 5.41) is 3.27. The number of esters is 1. The molecule has 1 fully saturated rings. The molecule has 2 atom stereocenters. The number of ether oxygens (including phenoxy) is 1. The van der Waals surface area contributed by atoms with E-state index in [2.05, 4.69) is 24.4 Å². The molecule has 3 nitrogen and oxygen atoms in total. The maximum Gasteiger partial charge on any atom is 0.310 e. The molecule has 1 aromatic rings. The Labute approximate surface area is 102 Å². The van der Waals surface area contributed by atoms with Gasteiger partial charge in [-0.2, -0.15) is 0 Å². The van der Waals surface area contributed by atoms with Crippen molar-refractivity contribution in [2.75, 3.05) is 20.2 Å². The number of methoxy groups -OCH3 is 1. The van der Waals surface area contributed by atoms with E-state index in [0.29, 0.717) is 6.54 Å². The Balaban J connectivity index is 2.28. The van der Waals surface area contributed by atoms with Crippen LogP contribution in [0, 0.1) is 12.8 Å². The van der Waals surface area contributed by atoms with Gasteiger partial charge >= 0.3 is 5.97 Å². The van der Waals surface area contributed by atoms with Crippen LogP contribution >= 0.6 is 0 Å². The van der Waals surface area contributed by atoms with Crippen LogP contribution in [0.5, 0.6) is 0 Å². The number of hydrogen-bond acceptors (Lipinski definition) is 3. The van der Waals surface area contributed by atoms with Crippen LogP contribution in [0.25, 0.3) is 0 Å². The summed E-state index contributed by atoms with van der Waals surface area (Å²) in [6.07, 6.45) is 0.991. The maximum absolute atomic E-state index is 11.8. The zero-order valence-corrected chi connectivity index (χ0v) is 10.4. The largest absolute Gasteiger partial charge is 0.469 e. The van der Waals surface area contributed by atoms with Crippen molar-refractivity contribution in [3.63, 3.8) is 0 Å². The van der Waals surface area contributed by atoms with Gasteiger partial charge in [0, 0.05) is 6.54 Å². The first-order valence-corrected chi connectivity index (χ1v) is 6.08. The van der Waals surface area contributed by atoms with Crippen molar-refractivity contribution in [3.05, 3.63) is 35.4 Å². The summed E-state index contributed by atoms with van der Waals surface area (Å²) in [4.78, 5) is 11.8. The van der Waals surface area contributed by atoms with Crippen LogP contribution in [0.1, 0.15) is 23.5 Å². The molecule has 1 saturated heterocycles. The van der Waals surface area contributed by atoms with Crippen molar-refractivity contribution >= 4 is 5.97 Å². The molecule has 1 N–H and O–H groups in total. The molecule has 92 valence electrons. The summed E-state index contributed by atoms with van der Waals surface area (Å²) in [6.45, 7) is 3.78. The number of carbonyl (C=O) groups excluding carboxylic acids is 1. The Bertz CT molecular complexity index is 403. The minimum atomic E-state index is -0.106. The van der Waals surface area contributed by atoms with Crippen molar-refractivity contribution in [1.29, 1.82) is 0 Å². The quantitative estimate of drug-likeness (QED) is 0.792. The van der Waals surface area contributed by atoms with E-state index in [1.165, 1.54) is 18.2 Å². The summed E-state index contributed by atoms with van der Waals surface area (Å²) in [5.74, 6) is 0.116. The number of carbonyl (C=O) groups is 1. The summed E-state index contributed by atoms with van der Waals surface area (Å²) in [7, 11) is 1.46. The molecule has 0 unspecified atom stereocenters. The zero-order valence-electron chi connectivity index (χ0n) is 10.4. The Morgan fingerprint density at radius 3 is 2.88 bits per heavy atom. The van der Waals surface area contributed by atoms with Gasteiger partial charge in [0.15, 0.2) is 0 Å². The van der Waals surface area contributed by atoms with Gasteiger partial charge in [0.2, 0.25) is 0 Å². The molecule has 1 aliphatic heterocycles. The van der Waals surface area contributed by atoms with Gasteiger partial charge in [-0.15, -0.1) is 0 Å². The van der Waals surface area contributed by atoms with Crippen LogP contribution in [0.2, 0.25) is 0 Å². The molecule has 2 rings (SSSR count). The summed E-state index contributed by atoms with van der Waals surface area (Å²) >= 11 is 0. The van der Waals surface area contributed by atoms with Gasteiger partial charge in [0.1, 0.15) is 0 Å². The van der Waals surface area contributed by atoms with Crippen LogP contribution < -0.4 is 5.32 Å². The molecule has 1 aliphatic rings. The van der Waals surface area contributed by atoms with E-state index in [4.69, 9.17) is 4.74 Å². The lowest BCUT2D eigenvalue weighted by molar-refractivity contribution is -0.146. The van der Waals surface area contributed by atoms with E-state index in [9.17, 15) is 4.79 Å². The molecule has 0 saturated carbocycles. The number of rotatable bonds is 2. The van der Waals surface area contributed by atoms with E-state index < -0.39 is 0 Å². The number of hydrogen-bond donors (Lipinski definition) is 1. The van der Waals surface area contributed by atoms with Crippen molar-refractivity contribution in [2.45, 2.75) is 19.3 Å². The Morgan fingerprint density at radius 2 is 2.18 bits per heavy atom. The molecular weight excluding hydrogens is 214 g/mol. The number of piperidine rings is 1. The van der Waals surface area contributed by atoms with E-state index in [1.807, 2.05) is 12.1 Å². The third kappa shape index (κ3) is 2.50. The van der Waals surface area contributed by atoms with Crippen molar-refractivity contribution < 1.29 is 9.53 Å². The molecule has 0 amide bonds. The number of benzene rings is 1. The first kappa shape index (κ1) is 12.1. The molecule has 0 radical (unpaired) electrons. The molecule has 0 aliphatic carbocycles. The zero-order chi connectivity index (χ0) is 12.3. The standard InChI is InChI=1S/C14H19NO2/c1-10-5-3-4-6-11(10)12-7-8-15-9-13(12)14(16)17-2/h3-6,12-13,15H,7-9H2,1-2H3/t12-,13-/m0/s1. The maximum atomic E-state index is 11.8. The lowest BCUT2D eigenvalue weighted by Crippen LogP contribution is -2.40. The first-order valence-electron chi connectivity index (χ1n) is 6.08. The van der Waals surface area contributed by atoms with Crippen LogP contribution in [0.3, 0.4) is 0 Å². The van der Waals surface area contributed by atoms with Gasteiger partial charge in [0.05, 0.1) is 13.0 Å².